The van der Waals surface area contributed by atoms with Crippen LogP contribution in [0.15, 0.2) is 0 Å². The third kappa shape index (κ3) is 6.24. The summed E-state index contributed by atoms with van der Waals surface area (Å²) in [6, 6.07) is 0. The lowest BCUT2D eigenvalue weighted by atomic mass is 9.93. The van der Waals surface area contributed by atoms with Crippen LogP contribution < -0.4 is 0 Å². The van der Waals surface area contributed by atoms with Gasteiger partial charge in [0.25, 0.3) is 0 Å². The molecule has 2 heteroatoms. The van der Waals surface area contributed by atoms with Gasteiger partial charge in [0.15, 0.2) is 0 Å². The van der Waals surface area contributed by atoms with Gasteiger partial charge in [-0.2, -0.15) is 0 Å². The molecule has 0 aromatic carbocycles. The van der Waals surface area contributed by atoms with Gasteiger partial charge in [-0.1, -0.05) is 63.1 Å². The molecule has 0 aliphatic rings. The van der Waals surface area contributed by atoms with Crippen LogP contribution in [0.5, 0.6) is 0 Å². The second-order valence-electron chi connectivity index (χ2n) is 4.78. The smallest absolute Gasteiger partial charge is 0.0171 e. The first-order valence-corrected chi connectivity index (χ1v) is 7.00. The van der Waals surface area contributed by atoms with E-state index >= 15 is 0 Å². The van der Waals surface area contributed by atoms with Crippen LogP contribution in [0.3, 0.4) is 0 Å². The van der Waals surface area contributed by atoms with Gasteiger partial charge in [0.1, 0.15) is 0 Å². The standard InChI is InChI=1S/C10H22S2/c1-8(2)7-11-12-9(3)10(4,5)6/h8-9H,7H2,1-6H3. The summed E-state index contributed by atoms with van der Waals surface area (Å²) in [4.78, 5) is 0. The Balaban J connectivity index is 3.51. The van der Waals surface area contributed by atoms with E-state index in [-0.39, 0.29) is 0 Å². The maximum Gasteiger partial charge on any atom is 0.0171 e. The normalized spacial score (nSPS) is 15.2. The summed E-state index contributed by atoms with van der Waals surface area (Å²) in [5, 5.41) is 0.737. The van der Waals surface area contributed by atoms with E-state index in [9.17, 15) is 0 Å². The number of hydrogen-bond acceptors (Lipinski definition) is 2. The lowest BCUT2D eigenvalue weighted by molar-refractivity contribution is 0.412. The Labute approximate surface area is 85.7 Å². The summed E-state index contributed by atoms with van der Waals surface area (Å²) in [5.74, 6) is 2.08. The van der Waals surface area contributed by atoms with Crippen molar-refractivity contribution >= 4 is 21.6 Å². The second kappa shape index (κ2) is 5.43. The zero-order valence-electron chi connectivity index (χ0n) is 9.18. The molecule has 0 rings (SSSR count). The summed E-state index contributed by atoms with van der Waals surface area (Å²) >= 11 is 0. The van der Waals surface area contributed by atoms with E-state index < -0.39 is 0 Å². The molecule has 0 N–H and O–H groups in total. The van der Waals surface area contributed by atoms with E-state index in [2.05, 4.69) is 41.5 Å². The Bertz CT molecular complexity index is 113. The molecular formula is C10H22S2. The lowest BCUT2D eigenvalue weighted by Gasteiger charge is -2.26. The quantitative estimate of drug-likeness (QED) is 0.623. The van der Waals surface area contributed by atoms with Crippen LogP contribution >= 0.6 is 21.6 Å². The molecule has 74 valence electrons. The lowest BCUT2D eigenvalue weighted by Crippen LogP contribution is -2.18. The molecule has 0 bridgehead atoms. The van der Waals surface area contributed by atoms with E-state index in [0.717, 1.165) is 11.2 Å². The molecule has 0 aliphatic heterocycles. The topological polar surface area (TPSA) is 0 Å². The maximum atomic E-state index is 2.32. The van der Waals surface area contributed by atoms with Crippen LogP contribution in [-0.2, 0) is 0 Å². The Kier molecular flexibility index (Phi) is 5.75. The predicted octanol–water partition coefficient (Wildman–Crippen LogP) is 4.46. The molecule has 0 aromatic heterocycles. The Morgan fingerprint density at radius 2 is 1.58 bits per heavy atom. The third-order valence-electron chi connectivity index (χ3n) is 1.83. The number of hydrogen-bond donors (Lipinski definition) is 0. The summed E-state index contributed by atoms with van der Waals surface area (Å²) in [5.41, 5.74) is 0.439. The zero-order valence-corrected chi connectivity index (χ0v) is 10.8. The second-order valence-corrected chi connectivity index (χ2v) is 7.54. The predicted molar refractivity (Wildman–Crippen MR) is 63.8 cm³/mol. The van der Waals surface area contributed by atoms with Crippen molar-refractivity contribution in [1.29, 1.82) is 0 Å². The minimum absolute atomic E-state index is 0.439. The summed E-state index contributed by atoms with van der Waals surface area (Å²) in [6.07, 6.45) is 0. The molecule has 0 nitrogen and oxygen atoms in total. The Hall–Kier alpha value is 0.700. The molecular weight excluding hydrogens is 184 g/mol. The van der Waals surface area contributed by atoms with Gasteiger partial charge in [-0.3, -0.25) is 0 Å². The fourth-order valence-corrected chi connectivity index (χ4v) is 3.80. The molecule has 1 unspecified atom stereocenters. The highest BCUT2D eigenvalue weighted by Gasteiger charge is 2.20. The third-order valence-corrected chi connectivity index (χ3v) is 5.45. The highest BCUT2D eigenvalue weighted by Crippen LogP contribution is 2.37. The van der Waals surface area contributed by atoms with E-state index in [1.807, 2.05) is 21.6 Å². The average Bonchev–Trinajstić information content (AvgIpc) is 1.84. The van der Waals surface area contributed by atoms with E-state index in [1.165, 1.54) is 5.75 Å². The van der Waals surface area contributed by atoms with Crippen LogP contribution in [0.2, 0.25) is 0 Å². The Morgan fingerprint density at radius 3 is 1.92 bits per heavy atom. The van der Waals surface area contributed by atoms with Gasteiger partial charge < -0.3 is 0 Å². The fourth-order valence-electron chi connectivity index (χ4n) is 0.422. The summed E-state index contributed by atoms with van der Waals surface area (Å²) < 4.78 is 0. The van der Waals surface area contributed by atoms with Gasteiger partial charge in [0.2, 0.25) is 0 Å². The van der Waals surface area contributed by atoms with Crippen molar-refractivity contribution in [3.05, 3.63) is 0 Å². The minimum Gasteiger partial charge on any atom is -0.0936 e. The van der Waals surface area contributed by atoms with Crippen molar-refractivity contribution in [3.63, 3.8) is 0 Å². The molecule has 0 radical (unpaired) electrons. The summed E-state index contributed by atoms with van der Waals surface area (Å²) in [7, 11) is 4.04. The highest BCUT2D eigenvalue weighted by atomic mass is 33.1. The molecule has 0 saturated carbocycles. The van der Waals surface area contributed by atoms with Crippen molar-refractivity contribution < 1.29 is 0 Å². The highest BCUT2D eigenvalue weighted by molar-refractivity contribution is 8.76. The number of rotatable bonds is 4. The van der Waals surface area contributed by atoms with Gasteiger partial charge in [-0.25, -0.2) is 0 Å². The SMILES string of the molecule is CC(C)CSSC(C)C(C)(C)C. The molecule has 0 fully saturated rings. The molecule has 1 atom stereocenters. The fraction of sp³-hybridized carbons (Fsp3) is 1.00. The van der Waals surface area contributed by atoms with Crippen molar-refractivity contribution in [2.75, 3.05) is 5.75 Å². The minimum atomic E-state index is 0.439. The van der Waals surface area contributed by atoms with Crippen LogP contribution in [0, 0.1) is 11.3 Å². The van der Waals surface area contributed by atoms with E-state index in [0.29, 0.717) is 5.41 Å². The van der Waals surface area contributed by atoms with Gasteiger partial charge >= 0.3 is 0 Å². The Morgan fingerprint density at radius 1 is 1.08 bits per heavy atom. The largest absolute Gasteiger partial charge is 0.0936 e. The van der Waals surface area contributed by atoms with Crippen LogP contribution in [0.1, 0.15) is 41.5 Å². The average molecular weight is 206 g/mol. The van der Waals surface area contributed by atoms with Gasteiger partial charge in [-0.05, 0) is 11.3 Å². The van der Waals surface area contributed by atoms with E-state index in [4.69, 9.17) is 0 Å². The molecule has 12 heavy (non-hydrogen) atoms. The first kappa shape index (κ1) is 12.7. The van der Waals surface area contributed by atoms with Crippen molar-refractivity contribution in [3.8, 4) is 0 Å². The molecule has 0 amide bonds. The molecule has 0 heterocycles. The van der Waals surface area contributed by atoms with Crippen LogP contribution in [0.4, 0.5) is 0 Å². The van der Waals surface area contributed by atoms with Gasteiger partial charge in [-0.15, -0.1) is 0 Å². The maximum absolute atomic E-state index is 2.32. The van der Waals surface area contributed by atoms with Crippen molar-refractivity contribution in [2.45, 2.75) is 46.8 Å². The molecule has 0 aliphatic carbocycles. The van der Waals surface area contributed by atoms with Crippen molar-refractivity contribution in [1.82, 2.24) is 0 Å². The van der Waals surface area contributed by atoms with Gasteiger partial charge in [0.05, 0.1) is 0 Å². The van der Waals surface area contributed by atoms with Crippen LogP contribution in [0.25, 0.3) is 0 Å². The van der Waals surface area contributed by atoms with Crippen LogP contribution in [-0.4, -0.2) is 11.0 Å². The first-order valence-electron chi connectivity index (χ1n) is 4.62. The summed E-state index contributed by atoms with van der Waals surface area (Å²) in [6.45, 7) is 13.8. The molecule has 0 saturated heterocycles. The van der Waals surface area contributed by atoms with E-state index in [1.54, 1.807) is 0 Å². The first-order chi connectivity index (χ1) is 5.34. The van der Waals surface area contributed by atoms with Crippen molar-refractivity contribution in [2.24, 2.45) is 11.3 Å². The zero-order chi connectivity index (χ0) is 9.78. The van der Waals surface area contributed by atoms with Gasteiger partial charge in [0, 0.05) is 11.0 Å². The molecule has 0 spiro atoms. The monoisotopic (exact) mass is 206 g/mol. The molecule has 0 aromatic rings.